The second kappa shape index (κ2) is 6.70. The molecule has 0 saturated heterocycles. The average molecular weight is 355 g/mol. The van der Waals surface area contributed by atoms with Gasteiger partial charge in [0, 0.05) is 17.3 Å². The van der Waals surface area contributed by atoms with Gasteiger partial charge in [0.25, 0.3) is 0 Å². The van der Waals surface area contributed by atoms with Gasteiger partial charge in [-0.1, -0.05) is 6.07 Å². The molecule has 2 aromatic rings. The van der Waals surface area contributed by atoms with Crippen LogP contribution in [0.15, 0.2) is 22.7 Å². The maximum absolute atomic E-state index is 5.27. The molecule has 1 heterocycles. The van der Waals surface area contributed by atoms with Crippen LogP contribution in [0, 0.1) is 13.8 Å². The average Bonchev–Trinajstić information content (AvgIpc) is 2.74. The molecule has 0 amide bonds. The van der Waals surface area contributed by atoms with E-state index in [2.05, 4.69) is 52.2 Å². The fourth-order valence-corrected chi connectivity index (χ4v) is 3.62. The Morgan fingerprint density at radius 3 is 2.65 bits per heavy atom. The highest BCUT2D eigenvalue weighted by Crippen LogP contribution is 2.30. The molecule has 1 aromatic carbocycles. The third kappa shape index (κ3) is 3.40. The highest BCUT2D eigenvalue weighted by atomic mass is 79.9. The van der Waals surface area contributed by atoms with Gasteiger partial charge in [0.05, 0.1) is 22.3 Å². The Bertz CT molecular complexity index is 578. The number of nitrogens with zero attached hydrogens (tertiary/aromatic N) is 1. The zero-order valence-corrected chi connectivity index (χ0v) is 14.6. The van der Waals surface area contributed by atoms with Gasteiger partial charge in [-0.25, -0.2) is 4.98 Å². The van der Waals surface area contributed by atoms with Gasteiger partial charge in [0.15, 0.2) is 0 Å². The first-order valence-electron chi connectivity index (χ1n) is 6.48. The summed E-state index contributed by atoms with van der Waals surface area (Å²) < 4.78 is 6.25. The van der Waals surface area contributed by atoms with E-state index < -0.39 is 0 Å². The molecule has 0 bridgehead atoms. The van der Waals surface area contributed by atoms with Gasteiger partial charge in [0.2, 0.25) is 0 Å². The van der Waals surface area contributed by atoms with Gasteiger partial charge < -0.3 is 10.1 Å². The van der Waals surface area contributed by atoms with Crippen molar-refractivity contribution in [2.24, 2.45) is 0 Å². The molecule has 0 radical (unpaired) electrons. The van der Waals surface area contributed by atoms with E-state index in [1.807, 2.05) is 13.1 Å². The van der Waals surface area contributed by atoms with E-state index in [0.29, 0.717) is 0 Å². The van der Waals surface area contributed by atoms with Crippen molar-refractivity contribution in [2.75, 3.05) is 14.2 Å². The molecule has 1 N–H and O–H groups in total. The smallest absolute Gasteiger partial charge is 0.133 e. The minimum Gasteiger partial charge on any atom is -0.496 e. The highest BCUT2D eigenvalue weighted by Gasteiger charge is 2.15. The van der Waals surface area contributed by atoms with Crippen molar-refractivity contribution in [3.05, 3.63) is 43.8 Å². The largest absolute Gasteiger partial charge is 0.496 e. The fourth-order valence-electron chi connectivity index (χ4n) is 2.09. The molecule has 5 heteroatoms. The summed E-state index contributed by atoms with van der Waals surface area (Å²) in [5.41, 5.74) is 2.36. The van der Waals surface area contributed by atoms with Crippen LogP contribution in [0.3, 0.4) is 0 Å². The van der Waals surface area contributed by atoms with Gasteiger partial charge in [-0.15, -0.1) is 11.3 Å². The quantitative estimate of drug-likeness (QED) is 0.879. The van der Waals surface area contributed by atoms with Gasteiger partial charge in [-0.3, -0.25) is 0 Å². The van der Waals surface area contributed by atoms with Crippen LogP contribution in [0.5, 0.6) is 5.75 Å². The zero-order chi connectivity index (χ0) is 14.7. The number of aryl methyl sites for hydroxylation is 2. The van der Waals surface area contributed by atoms with Crippen LogP contribution in [0.2, 0.25) is 0 Å². The molecule has 0 fully saturated rings. The van der Waals surface area contributed by atoms with Crippen LogP contribution in [0.4, 0.5) is 0 Å². The summed E-state index contributed by atoms with van der Waals surface area (Å²) in [6.45, 7) is 4.18. The topological polar surface area (TPSA) is 34.2 Å². The summed E-state index contributed by atoms with van der Waals surface area (Å²) in [7, 11) is 3.66. The second-order valence-corrected chi connectivity index (χ2v) is 6.83. The lowest BCUT2D eigenvalue weighted by molar-refractivity contribution is 0.411. The van der Waals surface area contributed by atoms with Crippen molar-refractivity contribution >= 4 is 27.3 Å². The molecule has 3 nitrogen and oxygen atoms in total. The van der Waals surface area contributed by atoms with E-state index in [0.717, 1.165) is 22.3 Å². The number of hydrogen-bond donors (Lipinski definition) is 1. The predicted molar refractivity (Wildman–Crippen MR) is 87.8 cm³/mol. The Labute approximate surface area is 132 Å². The Balaban J connectivity index is 2.21. The molecular weight excluding hydrogens is 336 g/mol. The SMILES string of the molecule is CNC(Cc1nc(C)c(C)s1)c1ccc(OC)c(Br)c1. The lowest BCUT2D eigenvalue weighted by Crippen LogP contribution is -2.18. The van der Waals surface area contributed by atoms with Gasteiger partial charge in [-0.2, -0.15) is 0 Å². The maximum Gasteiger partial charge on any atom is 0.133 e. The number of halogens is 1. The molecule has 0 aliphatic carbocycles. The Morgan fingerprint density at radius 1 is 1.40 bits per heavy atom. The Morgan fingerprint density at radius 2 is 2.15 bits per heavy atom. The van der Waals surface area contributed by atoms with Gasteiger partial charge in [0.1, 0.15) is 5.75 Å². The van der Waals surface area contributed by atoms with Crippen molar-refractivity contribution in [3.8, 4) is 5.75 Å². The molecular formula is C15H19BrN2OS. The number of benzene rings is 1. The first-order valence-corrected chi connectivity index (χ1v) is 8.09. The Kier molecular flexibility index (Phi) is 5.18. The number of hydrogen-bond acceptors (Lipinski definition) is 4. The number of rotatable bonds is 5. The lowest BCUT2D eigenvalue weighted by Gasteiger charge is -2.16. The molecule has 0 aliphatic heterocycles. The summed E-state index contributed by atoms with van der Waals surface area (Å²) >= 11 is 5.32. The minimum atomic E-state index is 0.252. The summed E-state index contributed by atoms with van der Waals surface area (Å²) in [5.74, 6) is 0.851. The number of nitrogens with one attached hydrogen (secondary N) is 1. The highest BCUT2D eigenvalue weighted by molar-refractivity contribution is 9.10. The Hall–Kier alpha value is -0.910. The first kappa shape index (κ1) is 15.5. The van der Waals surface area contributed by atoms with E-state index in [9.17, 15) is 0 Å². The van der Waals surface area contributed by atoms with Gasteiger partial charge >= 0.3 is 0 Å². The number of thiazole rings is 1. The molecule has 0 spiro atoms. The molecule has 0 aliphatic rings. The third-order valence-corrected chi connectivity index (χ3v) is 5.09. The van der Waals surface area contributed by atoms with Gasteiger partial charge in [-0.05, 0) is 54.5 Å². The van der Waals surface area contributed by atoms with Crippen LogP contribution < -0.4 is 10.1 Å². The number of methoxy groups -OCH3 is 1. The number of aromatic nitrogens is 1. The van der Waals surface area contributed by atoms with Crippen LogP contribution in [-0.4, -0.2) is 19.1 Å². The molecule has 0 saturated carbocycles. The van der Waals surface area contributed by atoms with Crippen LogP contribution in [0.1, 0.15) is 27.2 Å². The molecule has 1 atom stereocenters. The van der Waals surface area contributed by atoms with Crippen LogP contribution in [-0.2, 0) is 6.42 Å². The molecule has 108 valence electrons. The lowest BCUT2D eigenvalue weighted by atomic mass is 10.0. The van der Waals surface area contributed by atoms with Crippen molar-refractivity contribution in [3.63, 3.8) is 0 Å². The maximum atomic E-state index is 5.27. The second-order valence-electron chi connectivity index (χ2n) is 4.69. The monoisotopic (exact) mass is 354 g/mol. The molecule has 2 rings (SSSR count). The standard InChI is InChI=1S/C15H19BrN2OS/c1-9-10(2)20-15(18-9)8-13(17-3)11-5-6-14(19-4)12(16)7-11/h5-7,13,17H,8H2,1-4H3. The van der Waals surface area contributed by atoms with E-state index >= 15 is 0 Å². The van der Waals surface area contributed by atoms with Crippen molar-refractivity contribution in [1.29, 1.82) is 0 Å². The molecule has 20 heavy (non-hydrogen) atoms. The summed E-state index contributed by atoms with van der Waals surface area (Å²) in [4.78, 5) is 5.92. The third-order valence-electron chi connectivity index (χ3n) is 3.38. The van der Waals surface area contributed by atoms with Crippen molar-refractivity contribution < 1.29 is 4.74 Å². The minimum absolute atomic E-state index is 0.252. The number of ether oxygens (including phenoxy) is 1. The van der Waals surface area contributed by atoms with E-state index in [-0.39, 0.29) is 6.04 Å². The summed E-state index contributed by atoms with van der Waals surface area (Å²) in [6.07, 6.45) is 0.897. The normalized spacial score (nSPS) is 12.4. The van der Waals surface area contributed by atoms with Crippen LogP contribution >= 0.6 is 27.3 Å². The van der Waals surface area contributed by atoms with E-state index in [1.165, 1.54) is 15.4 Å². The summed E-state index contributed by atoms with van der Waals surface area (Å²) in [6, 6.07) is 6.44. The summed E-state index contributed by atoms with van der Waals surface area (Å²) in [5, 5.41) is 4.54. The predicted octanol–water partition coefficient (Wildman–Crippen LogP) is 4.03. The fraction of sp³-hybridized carbons (Fsp3) is 0.400. The van der Waals surface area contributed by atoms with E-state index in [4.69, 9.17) is 4.74 Å². The van der Waals surface area contributed by atoms with Crippen LogP contribution in [0.25, 0.3) is 0 Å². The van der Waals surface area contributed by atoms with Crippen molar-refractivity contribution in [1.82, 2.24) is 10.3 Å². The van der Waals surface area contributed by atoms with E-state index in [1.54, 1.807) is 18.4 Å². The molecule has 1 unspecified atom stereocenters. The number of likely N-dealkylation sites (N-methyl/N-ethyl adjacent to an activating group) is 1. The first-order chi connectivity index (χ1) is 9.55. The molecule has 1 aromatic heterocycles. The zero-order valence-electron chi connectivity index (χ0n) is 12.2. The van der Waals surface area contributed by atoms with Crippen molar-refractivity contribution in [2.45, 2.75) is 26.3 Å².